The number of sulfonamides is 1. The molecule has 0 radical (unpaired) electrons. The van der Waals surface area contributed by atoms with E-state index in [1.54, 1.807) is 18.3 Å². The molecule has 4 heterocycles. The lowest BCUT2D eigenvalue weighted by Gasteiger charge is -2.30. The molecule has 1 amide bonds. The van der Waals surface area contributed by atoms with E-state index in [0.29, 0.717) is 49.7 Å². The van der Waals surface area contributed by atoms with Crippen molar-refractivity contribution in [3.8, 4) is 11.5 Å². The Morgan fingerprint density at radius 2 is 1.85 bits per heavy atom. The quantitative estimate of drug-likeness (QED) is 0.550. The van der Waals surface area contributed by atoms with Crippen molar-refractivity contribution in [2.75, 3.05) is 49.6 Å². The number of aromatic amines is 1. The van der Waals surface area contributed by atoms with Gasteiger partial charge in [-0.25, -0.2) is 8.42 Å². The molecule has 0 aliphatic carbocycles. The summed E-state index contributed by atoms with van der Waals surface area (Å²) in [5.74, 6) is -0.232. The number of carbonyl (C=O) groups is 1. The van der Waals surface area contributed by atoms with Crippen LogP contribution in [-0.4, -0.2) is 68.2 Å². The third kappa shape index (κ3) is 4.72. The largest absolute Gasteiger partial charge is 0.442 e. The van der Waals surface area contributed by atoms with Gasteiger partial charge < -0.3 is 19.4 Å². The fourth-order valence-electron chi connectivity index (χ4n) is 4.32. The van der Waals surface area contributed by atoms with Crippen LogP contribution in [0.25, 0.3) is 11.5 Å². The van der Waals surface area contributed by atoms with Crippen LogP contribution in [0, 0.1) is 5.92 Å². The molecular weight excluding hydrogens is 458 g/mol. The number of ether oxygens (including phenoxy) is 1. The van der Waals surface area contributed by atoms with Gasteiger partial charge in [-0.1, -0.05) is 0 Å². The number of nitrogens with one attached hydrogen (secondary N) is 2. The van der Waals surface area contributed by atoms with Gasteiger partial charge in [0.25, 0.3) is 10.0 Å². The van der Waals surface area contributed by atoms with Crippen molar-refractivity contribution < 1.29 is 22.4 Å². The summed E-state index contributed by atoms with van der Waals surface area (Å²) in [5, 5.41) is 9.40. The summed E-state index contributed by atoms with van der Waals surface area (Å²) in [4.78, 5) is 15.2. The number of furan rings is 1. The normalized spacial score (nSPS) is 19.8. The van der Waals surface area contributed by atoms with Gasteiger partial charge in [0, 0.05) is 43.8 Å². The first-order chi connectivity index (χ1) is 16.5. The maximum Gasteiger partial charge on any atom is 0.276 e. The Hall–Kier alpha value is -3.15. The van der Waals surface area contributed by atoms with Gasteiger partial charge in [0.1, 0.15) is 5.69 Å². The number of nitrogens with zero attached hydrogens (tertiary/aromatic N) is 3. The van der Waals surface area contributed by atoms with Crippen LogP contribution in [0.3, 0.4) is 0 Å². The highest BCUT2D eigenvalue weighted by atomic mass is 32.2. The molecule has 1 aromatic carbocycles. The molecule has 2 N–H and O–H groups in total. The second kappa shape index (κ2) is 9.61. The summed E-state index contributed by atoms with van der Waals surface area (Å²) in [6.45, 7) is 3.57. The molecule has 0 spiro atoms. The van der Waals surface area contributed by atoms with Crippen molar-refractivity contribution in [2.24, 2.45) is 5.92 Å². The van der Waals surface area contributed by atoms with Crippen molar-refractivity contribution in [2.45, 2.75) is 17.9 Å². The van der Waals surface area contributed by atoms with Crippen molar-refractivity contribution in [3.05, 3.63) is 48.7 Å². The van der Waals surface area contributed by atoms with E-state index in [1.165, 1.54) is 10.4 Å². The van der Waals surface area contributed by atoms with Gasteiger partial charge in [-0.05, 0) is 55.3 Å². The topological polar surface area (TPSA) is 121 Å². The number of morpholine rings is 1. The van der Waals surface area contributed by atoms with Gasteiger partial charge in [-0.2, -0.15) is 9.40 Å². The van der Waals surface area contributed by atoms with Crippen LogP contribution in [0.1, 0.15) is 12.8 Å². The number of rotatable bonds is 6. The number of aromatic nitrogens is 2. The molecule has 0 unspecified atom stereocenters. The summed E-state index contributed by atoms with van der Waals surface area (Å²) < 4.78 is 38.6. The second-order valence-electron chi connectivity index (χ2n) is 8.43. The Bertz CT molecular complexity index is 1220. The van der Waals surface area contributed by atoms with Gasteiger partial charge in [-0.3, -0.25) is 9.89 Å². The summed E-state index contributed by atoms with van der Waals surface area (Å²) in [5.41, 5.74) is 2.37. The Morgan fingerprint density at radius 3 is 2.59 bits per heavy atom. The molecule has 0 bridgehead atoms. The zero-order chi connectivity index (χ0) is 23.5. The number of hydrogen-bond acceptors (Lipinski definition) is 7. The highest BCUT2D eigenvalue weighted by Gasteiger charge is 2.35. The van der Waals surface area contributed by atoms with E-state index in [1.807, 2.05) is 24.3 Å². The Kier molecular flexibility index (Phi) is 6.40. The third-order valence-corrected chi connectivity index (χ3v) is 7.95. The number of H-pyrrole nitrogens is 1. The Balaban J connectivity index is 1.22. The first-order valence-electron chi connectivity index (χ1n) is 11.3. The van der Waals surface area contributed by atoms with Gasteiger partial charge in [0.05, 0.1) is 19.1 Å². The summed E-state index contributed by atoms with van der Waals surface area (Å²) in [6, 6.07) is 12.4. The second-order valence-corrected chi connectivity index (χ2v) is 10.3. The van der Waals surface area contributed by atoms with Crippen molar-refractivity contribution in [1.82, 2.24) is 14.5 Å². The van der Waals surface area contributed by atoms with Gasteiger partial charge >= 0.3 is 0 Å². The molecule has 180 valence electrons. The van der Waals surface area contributed by atoms with E-state index in [9.17, 15) is 13.2 Å². The maximum atomic E-state index is 13.1. The minimum atomic E-state index is -3.85. The van der Waals surface area contributed by atoms with Gasteiger partial charge in [0.2, 0.25) is 11.0 Å². The minimum absolute atomic E-state index is 0.111. The highest BCUT2D eigenvalue weighted by Crippen LogP contribution is 2.29. The van der Waals surface area contributed by atoms with E-state index in [2.05, 4.69) is 20.4 Å². The molecule has 2 saturated heterocycles. The lowest BCUT2D eigenvalue weighted by Crippen LogP contribution is -2.43. The van der Waals surface area contributed by atoms with Crippen LogP contribution in [-0.2, 0) is 19.6 Å². The van der Waals surface area contributed by atoms with Crippen LogP contribution >= 0.6 is 0 Å². The van der Waals surface area contributed by atoms with Crippen LogP contribution in [0.5, 0.6) is 0 Å². The smallest absolute Gasteiger partial charge is 0.276 e. The minimum Gasteiger partial charge on any atom is -0.442 e. The average molecular weight is 486 g/mol. The molecule has 34 heavy (non-hydrogen) atoms. The molecular formula is C23H27N5O5S. The Morgan fingerprint density at radius 1 is 1.06 bits per heavy atom. The zero-order valence-corrected chi connectivity index (χ0v) is 19.5. The predicted molar refractivity (Wildman–Crippen MR) is 126 cm³/mol. The van der Waals surface area contributed by atoms with E-state index in [4.69, 9.17) is 9.15 Å². The van der Waals surface area contributed by atoms with Gasteiger partial charge in [0.15, 0.2) is 5.76 Å². The lowest BCUT2D eigenvalue weighted by atomic mass is 9.98. The van der Waals surface area contributed by atoms with E-state index in [-0.39, 0.29) is 17.5 Å². The van der Waals surface area contributed by atoms with Crippen molar-refractivity contribution in [1.29, 1.82) is 0 Å². The lowest BCUT2D eigenvalue weighted by molar-refractivity contribution is -0.120. The monoisotopic (exact) mass is 485 g/mol. The molecule has 11 heteroatoms. The fourth-order valence-corrected chi connectivity index (χ4v) is 5.76. The first-order valence-corrected chi connectivity index (χ1v) is 12.8. The summed E-state index contributed by atoms with van der Waals surface area (Å²) in [6.07, 6.45) is 2.79. The molecule has 2 aliphatic heterocycles. The number of amides is 1. The molecule has 3 aromatic rings. The Labute approximate surface area is 197 Å². The zero-order valence-electron chi connectivity index (χ0n) is 18.6. The maximum absolute atomic E-state index is 13.1. The first kappa shape index (κ1) is 22.6. The van der Waals surface area contributed by atoms with Crippen molar-refractivity contribution in [3.63, 3.8) is 0 Å². The molecule has 10 nitrogen and oxygen atoms in total. The van der Waals surface area contributed by atoms with E-state index in [0.717, 1.165) is 18.8 Å². The third-order valence-electron chi connectivity index (χ3n) is 6.21. The number of benzene rings is 1. The van der Waals surface area contributed by atoms with Gasteiger partial charge in [-0.15, -0.1) is 0 Å². The van der Waals surface area contributed by atoms with Crippen LogP contribution in [0.15, 0.2) is 58.2 Å². The molecule has 5 rings (SSSR count). The van der Waals surface area contributed by atoms with Crippen molar-refractivity contribution >= 4 is 27.3 Å². The number of anilines is 2. The molecule has 1 atom stereocenters. The molecule has 2 fully saturated rings. The number of piperidine rings is 1. The standard InChI is InChI=1S/C23H27N5O5S/c29-23(25-18-3-5-19(6-4-18)27-12-14-32-15-13-27)17-2-1-11-28(16-17)34(30,31)22-8-7-21(33-22)20-9-10-24-26-20/h3-10,17H,1-2,11-16H2,(H,24,26)(H,25,29)/t17-/m1/s1. The van der Waals surface area contributed by atoms with Crippen LogP contribution in [0.2, 0.25) is 0 Å². The SMILES string of the molecule is O=C(Nc1ccc(N2CCOCC2)cc1)[C@@H]1CCCN(S(=O)(=O)c2ccc(-c3ccn[nH]3)o2)C1. The van der Waals surface area contributed by atoms with Crippen LogP contribution in [0.4, 0.5) is 11.4 Å². The summed E-state index contributed by atoms with van der Waals surface area (Å²) in [7, 11) is -3.85. The number of carbonyl (C=O) groups excluding carboxylic acids is 1. The average Bonchev–Trinajstić information content (AvgIpc) is 3.58. The van der Waals surface area contributed by atoms with Crippen LogP contribution < -0.4 is 10.2 Å². The van der Waals surface area contributed by atoms with E-state index < -0.39 is 15.9 Å². The van der Waals surface area contributed by atoms with E-state index >= 15 is 0 Å². The highest BCUT2D eigenvalue weighted by molar-refractivity contribution is 7.89. The summed E-state index contributed by atoms with van der Waals surface area (Å²) >= 11 is 0. The molecule has 2 aliphatic rings. The predicted octanol–water partition coefficient (Wildman–Crippen LogP) is 2.55. The molecule has 0 saturated carbocycles. The number of hydrogen-bond donors (Lipinski definition) is 2. The molecule has 2 aromatic heterocycles. The fraction of sp³-hybridized carbons (Fsp3) is 0.391.